The lowest BCUT2D eigenvalue weighted by molar-refractivity contribution is -0.139. The summed E-state index contributed by atoms with van der Waals surface area (Å²) in [5.74, 6) is -1.11. The van der Waals surface area contributed by atoms with E-state index in [1.807, 2.05) is 13.8 Å². The van der Waals surface area contributed by atoms with Crippen LogP contribution in [0.3, 0.4) is 0 Å². The summed E-state index contributed by atoms with van der Waals surface area (Å²) in [6.45, 7) is 3.77. The van der Waals surface area contributed by atoms with Gasteiger partial charge in [0.05, 0.1) is 5.56 Å². The highest BCUT2D eigenvalue weighted by Gasteiger charge is 2.23. The van der Waals surface area contributed by atoms with Crippen molar-refractivity contribution in [1.29, 1.82) is 0 Å². The monoisotopic (exact) mass is 251 g/mol. The molecule has 0 aliphatic rings. The molecule has 6 nitrogen and oxygen atoms in total. The summed E-state index contributed by atoms with van der Waals surface area (Å²) in [5, 5.41) is 11.9. The summed E-state index contributed by atoms with van der Waals surface area (Å²) in [4.78, 5) is 25.9. The maximum absolute atomic E-state index is 11.1. The largest absolute Gasteiger partial charge is 0.480 e. The van der Waals surface area contributed by atoms with Crippen LogP contribution in [0.5, 0.6) is 0 Å². The first kappa shape index (κ1) is 14.0. The van der Waals surface area contributed by atoms with Crippen LogP contribution in [-0.2, 0) is 4.79 Å². The summed E-state index contributed by atoms with van der Waals surface area (Å²) < 4.78 is 0. The average molecular weight is 251 g/mol. The minimum atomic E-state index is -0.926. The number of pyridine rings is 1. The number of aromatic nitrogens is 1. The molecule has 1 amide bonds. The fourth-order valence-electron chi connectivity index (χ4n) is 1.47. The second-order valence-electron chi connectivity index (χ2n) is 4.14. The summed E-state index contributed by atoms with van der Waals surface area (Å²) >= 11 is 0. The Morgan fingerprint density at radius 2 is 2.17 bits per heavy atom. The molecule has 1 aromatic rings. The number of hydrogen-bond acceptors (Lipinski definition) is 4. The summed E-state index contributed by atoms with van der Waals surface area (Å²) in [6, 6.07) is 2.34. The third kappa shape index (κ3) is 3.44. The van der Waals surface area contributed by atoms with Gasteiger partial charge >= 0.3 is 5.97 Å². The molecule has 0 unspecified atom stereocenters. The number of hydrogen-bond donors (Lipinski definition) is 3. The van der Waals surface area contributed by atoms with E-state index in [1.54, 1.807) is 6.07 Å². The van der Waals surface area contributed by atoms with Crippen molar-refractivity contribution >= 4 is 17.7 Å². The van der Waals surface area contributed by atoms with Crippen molar-refractivity contribution in [3.05, 3.63) is 23.9 Å². The fourth-order valence-corrected chi connectivity index (χ4v) is 1.47. The Hall–Kier alpha value is -2.11. The topological polar surface area (TPSA) is 105 Å². The molecule has 4 N–H and O–H groups in total. The zero-order valence-corrected chi connectivity index (χ0v) is 10.4. The molecule has 1 heterocycles. The third-order valence-electron chi connectivity index (χ3n) is 2.83. The van der Waals surface area contributed by atoms with Gasteiger partial charge in [-0.25, -0.2) is 9.78 Å². The molecule has 2 atom stereocenters. The average Bonchev–Trinajstić information content (AvgIpc) is 2.35. The van der Waals surface area contributed by atoms with Crippen LogP contribution in [0.4, 0.5) is 5.82 Å². The van der Waals surface area contributed by atoms with E-state index in [-0.39, 0.29) is 11.5 Å². The summed E-state index contributed by atoms with van der Waals surface area (Å²) in [6.07, 6.45) is 2.06. The van der Waals surface area contributed by atoms with Gasteiger partial charge in [-0.1, -0.05) is 20.3 Å². The SMILES string of the molecule is CC[C@H](C)[C@H](Nc1ccc(C(N)=O)cn1)C(=O)O. The van der Waals surface area contributed by atoms with Crippen molar-refractivity contribution in [2.45, 2.75) is 26.3 Å². The zero-order chi connectivity index (χ0) is 13.7. The molecule has 0 aliphatic carbocycles. The van der Waals surface area contributed by atoms with E-state index >= 15 is 0 Å². The first-order chi connectivity index (χ1) is 8.45. The highest BCUT2D eigenvalue weighted by molar-refractivity contribution is 5.92. The molecule has 1 rings (SSSR count). The van der Waals surface area contributed by atoms with Gasteiger partial charge in [-0.2, -0.15) is 0 Å². The summed E-state index contributed by atoms with van der Waals surface area (Å²) in [5.41, 5.74) is 5.38. The molecule has 1 aromatic heterocycles. The van der Waals surface area contributed by atoms with Gasteiger partial charge in [0.25, 0.3) is 0 Å². The van der Waals surface area contributed by atoms with Gasteiger partial charge in [-0.05, 0) is 18.1 Å². The zero-order valence-electron chi connectivity index (χ0n) is 10.4. The molecule has 98 valence electrons. The molecule has 0 saturated carbocycles. The number of anilines is 1. The van der Waals surface area contributed by atoms with Gasteiger partial charge < -0.3 is 16.2 Å². The Morgan fingerprint density at radius 3 is 2.56 bits per heavy atom. The number of amides is 1. The minimum Gasteiger partial charge on any atom is -0.480 e. The van der Waals surface area contributed by atoms with E-state index < -0.39 is 17.9 Å². The number of primary amides is 1. The van der Waals surface area contributed by atoms with E-state index in [9.17, 15) is 9.59 Å². The molecule has 0 spiro atoms. The van der Waals surface area contributed by atoms with Crippen LogP contribution >= 0.6 is 0 Å². The van der Waals surface area contributed by atoms with Crippen LogP contribution in [0.1, 0.15) is 30.6 Å². The molecule has 0 aliphatic heterocycles. The second kappa shape index (κ2) is 6.00. The van der Waals surface area contributed by atoms with Crippen molar-refractivity contribution in [3.8, 4) is 0 Å². The lowest BCUT2D eigenvalue weighted by Gasteiger charge is -2.20. The number of carboxylic acid groups (broad SMARTS) is 1. The van der Waals surface area contributed by atoms with E-state index in [1.165, 1.54) is 12.3 Å². The van der Waals surface area contributed by atoms with E-state index in [2.05, 4.69) is 10.3 Å². The third-order valence-corrected chi connectivity index (χ3v) is 2.83. The lowest BCUT2D eigenvalue weighted by atomic mass is 9.99. The van der Waals surface area contributed by atoms with Gasteiger partial charge in [0.1, 0.15) is 11.9 Å². The van der Waals surface area contributed by atoms with Gasteiger partial charge in [-0.3, -0.25) is 4.79 Å². The smallest absolute Gasteiger partial charge is 0.326 e. The maximum atomic E-state index is 11.1. The van der Waals surface area contributed by atoms with Crippen molar-refractivity contribution in [1.82, 2.24) is 4.98 Å². The number of nitrogens with two attached hydrogens (primary N) is 1. The Morgan fingerprint density at radius 1 is 1.50 bits per heavy atom. The van der Waals surface area contributed by atoms with E-state index in [4.69, 9.17) is 10.8 Å². The van der Waals surface area contributed by atoms with Gasteiger partial charge in [0.2, 0.25) is 5.91 Å². The Labute approximate surface area is 105 Å². The molecular weight excluding hydrogens is 234 g/mol. The molecule has 0 aromatic carbocycles. The standard InChI is InChI=1S/C12H17N3O3/c1-3-7(2)10(12(17)18)15-9-5-4-8(6-14-9)11(13)16/h4-7,10H,3H2,1-2H3,(H2,13,16)(H,14,15)(H,17,18)/t7-,10-/m0/s1. The molecule has 6 heteroatoms. The van der Waals surface area contributed by atoms with Crippen LogP contribution in [0.25, 0.3) is 0 Å². The second-order valence-corrected chi connectivity index (χ2v) is 4.14. The highest BCUT2D eigenvalue weighted by atomic mass is 16.4. The molecule has 0 saturated heterocycles. The van der Waals surface area contributed by atoms with Crippen LogP contribution < -0.4 is 11.1 Å². The molecular formula is C12H17N3O3. The van der Waals surface area contributed by atoms with Gasteiger partial charge in [-0.15, -0.1) is 0 Å². The quantitative estimate of drug-likeness (QED) is 0.701. The van der Waals surface area contributed by atoms with Crippen molar-refractivity contribution in [2.24, 2.45) is 11.7 Å². The van der Waals surface area contributed by atoms with Crippen LogP contribution in [0.15, 0.2) is 18.3 Å². The summed E-state index contributed by atoms with van der Waals surface area (Å²) in [7, 11) is 0. The van der Waals surface area contributed by atoms with Crippen LogP contribution in [-0.4, -0.2) is 28.0 Å². The maximum Gasteiger partial charge on any atom is 0.326 e. The number of rotatable bonds is 6. The Balaban J connectivity index is 2.81. The van der Waals surface area contributed by atoms with Crippen LogP contribution in [0, 0.1) is 5.92 Å². The minimum absolute atomic E-state index is 0.0277. The normalized spacial score (nSPS) is 13.7. The number of carbonyl (C=O) groups is 2. The Kier molecular flexibility index (Phi) is 4.65. The van der Waals surface area contributed by atoms with E-state index in [0.717, 1.165) is 6.42 Å². The Bertz CT molecular complexity index is 431. The number of carbonyl (C=O) groups excluding carboxylic acids is 1. The van der Waals surface area contributed by atoms with Crippen molar-refractivity contribution in [3.63, 3.8) is 0 Å². The van der Waals surface area contributed by atoms with Gasteiger partial charge in [0, 0.05) is 6.20 Å². The molecule has 0 fully saturated rings. The fraction of sp³-hybridized carbons (Fsp3) is 0.417. The molecule has 18 heavy (non-hydrogen) atoms. The number of aliphatic carboxylic acids is 1. The van der Waals surface area contributed by atoms with Crippen molar-refractivity contribution < 1.29 is 14.7 Å². The van der Waals surface area contributed by atoms with Crippen LogP contribution in [0.2, 0.25) is 0 Å². The predicted molar refractivity (Wildman–Crippen MR) is 67.3 cm³/mol. The number of nitrogens with one attached hydrogen (secondary N) is 1. The number of nitrogens with zero attached hydrogens (tertiary/aromatic N) is 1. The number of carboxylic acids is 1. The van der Waals surface area contributed by atoms with Gasteiger partial charge in [0.15, 0.2) is 0 Å². The predicted octanol–water partition coefficient (Wildman–Crippen LogP) is 1.09. The first-order valence-electron chi connectivity index (χ1n) is 5.71. The lowest BCUT2D eigenvalue weighted by Crippen LogP contribution is -2.35. The van der Waals surface area contributed by atoms with Crippen molar-refractivity contribution in [2.75, 3.05) is 5.32 Å². The molecule has 0 bridgehead atoms. The molecule has 0 radical (unpaired) electrons. The first-order valence-corrected chi connectivity index (χ1v) is 5.71. The van der Waals surface area contributed by atoms with E-state index in [0.29, 0.717) is 5.82 Å². The highest BCUT2D eigenvalue weighted by Crippen LogP contribution is 2.14.